The highest BCUT2D eigenvalue weighted by molar-refractivity contribution is 5.77. The predicted molar refractivity (Wildman–Crippen MR) is 72.8 cm³/mol. The van der Waals surface area contributed by atoms with Crippen molar-refractivity contribution in [2.45, 2.75) is 26.3 Å². The summed E-state index contributed by atoms with van der Waals surface area (Å²) in [7, 11) is 1.67. The van der Waals surface area contributed by atoms with E-state index in [0.717, 1.165) is 17.7 Å². The summed E-state index contributed by atoms with van der Waals surface area (Å²) in [4.78, 5) is 11.3. The van der Waals surface area contributed by atoms with Gasteiger partial charge in [0.25, 0.3) is 0 Å². The van der Waals surface area contributed by atoms with Crippen LogP contribution in [0.15, 0.2) is 24.3 Å². The summed E-state index contributed by atoms with van der Waals surface area (Å²) in [6.07, 6.45) is 0.837. The van der Waals surface area contributed by atoms with Gasteiger partial charge >= 0.3 is 0 Å². The van der Waals surface area contributed by atoms with Crippen LogP contribution >= 0.6 is 0 Å². The lowest BCUT2D eigenvalue weighted by molar-refractivity contribution is -0.120. The summed E-state index contributed by atoms with van der Waals surface area (Å²) in [6.45, 7) is 4.99. The Morgan fingerprint density at radius 2 is 2.11 bits per heavy atom. The lowest BCUT2D eigenvalue weighted by Gasteiger charge is -2.15. The smallest absolute Gasteiger partial charge is 0.233 e. The van der Waals surface area contributed by atoms with Gasteiger partial charge in [-0.05, 0) is 31.9 Å². The van der Waals surface area contributed by atoms with E-state index in [9.17, 15) is 4.79 Å². The topological polar surface area (TPSA) is 50.4 Å². The predicted octanol–water partition coefficient (Wildman–Crippen LogP) is 1.35. The van der Waals surface area contributed by atoms with Crippen molar-refractivity contribution >= 4 is 5.91 Å². The quantitative estimate of drug-likeness (QED) is 0.768. The van der Waals surface area contributed by atoms with E-state index in [0.29, 0.717) is 13.1 Å². The molecule has 0 aromatic heterocycles. The second-order valence-corrected chi connectivity index (χ2v) is 4.25. The Morgan fingerprint density at radius 3 is 2.78 bits per heavy atom. The standard InChI is InChI=1S/C14H22N2O2/c1-4-15-14(17)10-16-11(2)9-12-7-5-6-8-13(12)18-3/h5-8,11,16H,4,9-10H2,1-3H3,(H,15,17). The van der Waals surface area contributed by atoms with Crippen molar-refractivity contribution in [1.29, 1.82) is 0 Å². The molecule has 0 aliphatic carbocycles. The number of benzene rings is 1. The minimum absolute atomic E-state index is 0.0318. The zero-order valence-corrected chi connectivity index (χ0v) is 11.3. The molecule has 0 fully saturated rings. The van der Waals surface area contributed by atoms with Crippen LogP contribution in [0.2, 0.25) is 0 Å². The second kappa shape index (κ2) is 7.71. The van der Waals surface area contributed by atoms with Gasteiger partial charge in [0, 0.05) is 12.6 Å². The Morgan fingerprint density at radius 1 is 1.39 bits per heavy atom. The number of carbonyl (C=O) groups excluding carboxylic acids is 1. The normalized spacial score (nSPS) is 11.9. The number of nitrogens with one attached hydrogen (secondary N) is 2. The number of rotatable bonds is 7. The Labute approximate surface area is 109 Å². The number of carbonyl (C=O) groups is 1. The number of para-hydroxylation sites is 1. The van der Waals surface area contributed by atoms with Gasteiger partial charge in [0.05, 0.1) is 13.7 Å². The van der Waals surface area contributed by atoms with Crippen molar-refractivity contribution in [3.8, 4) is 5.75 Å². The first kappa shape index (κ1) is 14.5. The highest BCUT2D eigenvalue weighted by Crippen LogP contribution is 2.18. The molecule has 4 nitrogen and oxygen atoms in total. The molecule has 0 saturated carbocycles. The van der Waals surface area contributed by atoms with Crippen LogP contribution in [0.4, 0.5) is 0 Å². The van der Waals surface area contributed by atoms with E-state index in [2.05, 4.69) is 17.6 Å². The average molecular weight is 250 g/mol. The molecule has 1 atom stereocenters. The van der Waals surface area contributed by atoms with Crippen LogP contribution < -0.4 is 15.4 Å². The summed E-state index contributed by atoms with van der Waals surface area (Å²) in [5, 5.41) is 5.96. The van der Waals surface area contributed by atoms with Crippen LogP contribution in [0.25, 0.3) is 0 Å². The first-order chi connectivity index (χ1) is 8.67. The van der Waals surface area contributed by atoms with E-state index in [-0.39, 0.29) is 11.9 Å². The number of ether oxygens (including phenoxy) is 1. The third kappa shape index (κ3) is 4.75. The Kier molecular flexibility index (Phi) is 6.22. The van der Waals surface area contributed by atoms with Crippen molar-refractivity contribution in [3.05, 3.63) is 29.8 Å². The van der Waals surface area contributed by atoms with Crippen molar-refractivity contribution in [1.82, 2.24) is 10.6 Å². The maximum atomic E-state index is 11.3. The Balaban J connectivity index is 2.44. The van der Waals surface area contributed by atoms with Crippen molar-refractivity contribution in [2.24, 2.45) is 0 Å². The fraction of sp³-hybridized carbons (Fsp3) is 0.500. The molecule has 0 aliphatic heterocycles. The molecule has 0 heterocycles. The third-order valence-electron chi connectivity index (χ3n) is 2.70. The van der Waals surface area contributed by atoms with E-state index in [1.807, 2.05) is 31.2 Å². The third-order valence-corrected chi connectivity index (χ3v) is 2.70. The van der Waals surface area contributed by atoms with Gasteiger partial charge in [-0.25, -0.2) is 0 Å². The number of amides is 1. The minimum Gasteiger partial charge on any atom is -0.496 e. The van der Waals surface area contributed by atoms with Gasteiger partial charge in [0.2, 0.25) is 5.91 Å². The van der Waals surface area contributed by atoms with Crippen molar-refractivity contribution < 1.29 is 9.53 Å². The van der Waals surface area contributed by atoms with Gasteiger partial charge in [0.15, 0.2) is 0 Å². The number of hydrogen-bond donors (Lipinski definition) is 2. The molecule has 18 heavy (non-hydrogen) atoms. The molecule has 0 spiro atoms. The maximum absolute atomic E-state index is 11.3. The van der Waals surface area contributed by atoms with Gasteiger partial charge in [0.1, 0.15) is 5.75 Å². The summed E-state index contributed by atoms with van der Waals surface area (Å²) < 4.78 is 5.30. The van der Waals surface area contributed by atoms with E-state index in [4.69, 9.17) is 4.74 Å². The number of likely N-dealkylation sites (N-methyl/N-ethyl adjacent to an activating group) is 1. The molecule has 0 aliphatic rings. The molecule has 1 aromatic carbocycles. The van der Waals surface area contributed by atoms with Crippen LogP contribution in [0, 0.1) is 0 Å². The first-order valence-electron chi connectivity index (χ1n) is 6.29. The van der Waals surface area contributed by atoms with Gasteiger partial charge < -0.3 is 15.4 Å². The molecule has 1 rings (SSSR count). The molecule has 0 bridgehead atoms. The molecule has 0 radical (unpaired) electrons. The van der Waals surface area contributed by atoms with Crippen molar-refractivity contribution in [3.63, 3.8) is 0 Å². The SMILES string of the molecule is CCNC(=O)CNC(C)Cc1ccccc1OC. The Hall–Kier alpha value is -1.55. The lowest BCUT2D eigenvalue weighted by Crippen LogP contribution is -2.38. The van der Waals surface area contributed by atoms with Crippen LogP contribution in [0.1, 0.15) is 19.4 Å². The highest BCUT2D eigenvalue weighted by atomic mass is 16.5. The van der Waals surface area contributed by atoms with E-state index in [1.165, 1.54) is 0 Å². The van der Waals surface area contributed by atoms with Crippen LogP contribution in [0.3, 0.4) is 0 Å². The average Bonchev–Trinajstić information content (AvgIpc) is 2.37. The molecule has 2 N–H and O–H groups in total. The molecular weight excluding hydrogens is 228 g/mol. The summed E-state index contributed by atoms with van der Waals surface area (Å²) in [5.74, 6) is 0.925. The second-order valence-electron chi connectivity index (χ2n) is 4.25. The molecule has 1 aromatic rings. The largest absolute Gasteiger partial charge is 0.496 e. The molecule has 1 amide bonds. The highest BCUT2D eigenvalue weighted by Gasteiger charge is 2.08. The van der Waals surface area contributed by atoms with E-state index in [1.54, 1.807) is 7.11 Å². The van der Waals surface area contributed by atoms with Crippen LogP contribution in [0.5, 0.6) is 5.75 Å². The monoisotopic (exact) mass is 250 g/mol. The van der Waals surface area contributed by atoms with Crippen LogP contribution in [-0.2, 0) is 11.2 Å². The summed E-state index contributed by atoms with van der Waals surface area (Å²) >= 11 is 0. The lowest BCUT2D eigenvalue weighted by atomic mass is 10.1. The number of hydrogen-bond acceptors (Lipinski definition) is 3. The maximum Gasteiger partial charge on any atom is 0.233 e. The van der Waals surface area contributed by atoms with Crippen LogP contribution in [-0.4, -0.2) is 32.1 Å². The summed E-state index contributed by atoms with van der Waals surface area (Å²) in [5.41, 5.74) is 1.15. The van der Waals surface area contributed by atoms with Gasteiger partial charge in [-0.3, -0.25) is 4.79 Å². The molecule has 100 valence electrons. The fourth-order valence-electron chi connectivity index (χ4n) is 1.80. The van der Waals surface area contributed by atoms with Crippen molar-refractivity contribution in [2.75, 3.05) is 20.2 Å². The van der Waals surface area contributed by atoms with Gasteiger partial charge in [-0.1, -0.05) is 18.2 Å². The molecule has 0 saturated heterocycles. The fourth-order valence-corrected chi connectivity index (χ4v) is 1.80. The zero-order valence-electron chi connectivity index (χ0n) is 11.3. The van der Waals surface area contributed by atoms with Gasteiger partial charge in [-0.2, -0.15) is 0 Å². The molecular formula is C14H22N2O2. The van der Waals surface area contributed by atoms with E-state index < -0.39 is 0 Å². The van der Waals surface area contributed by atoms with E-state index >= 15 is 0 Å². The Bertz CT molecular complexity index is 380. The first-order valence-corrected chi connectivity index (χ1v) is 6.29. The molecule has 4 heteroatoms. The van der Waals surface area contributed by atoms with Gasteiger partial charge in [-0.15, -0.1) is 0 Å². The zero-order chi connectivity index (χ0) is 13.4. The summed E-state index contributed by atoms with van der Waals surface area (Å²) in [6, 6.07) is 8.17. The molecule has 1 unspecified atom stereocenters. The number of methoxy groups -OCH3 is 1. The minimum atomic E-state index is 0.0318.